The number of rotatable bonds is 4. The van der Waals surface area contributed by atoms with Crippen LogP contribution in [0.25, 0.3) is 0 Å². The third kappa shape index (κ3) is 3.88. The maximum absolute atomic E-state index is 13.3. The molecule has 1 heterocycles. The number of amides is 3. The molecule has 0 radical (unpaired) electrons. The number of methoxy groups -OCH3 is 1. The first-order chi connectivity index (χ1) is 12.1. The van der Waals surface area contributed by atoms with E-state index in [4.69, 9.17) is 4.74 Å². The van der Waals surface area contributed by atoms with Crippen LogP contribution in [0.4, 0.5) is 20.6 Å². The van der Waals surface area contributed by atoms with Crippen molar-refractivity contribution in [2.45, 2.75) is 12.5 Å². The van der Waals surface area contributed by atoms with Gasteiger partial charge in [0, 0.05) is 18.7 Å². The number of carbonyl (C=O) groups excluding carboxylic acids is 2. The molecule has 0 spiro atoms. The normalized spacial score (nSPS) is 16.6. The lowest BCUT2D eigenvalue weighted by atomic mass is 10.2. The Morgan fingerprint density at radius 2 is 2.04 bits per heavy atom. The summed E-state index contributed by atoms with van der Waals surface area (Å²) in [6.45, 7) is 0.293. The Morgan fingerprint density at radius 3 is 2.80 bits per heavy atom. The van der Waals surface area contributed by atoms with Crippen molar-refractivity contribution in [2.24, 2.45) is 0 Å². The molecule has 1 aliphatic heterocycles. The number of urea groups is 1. The highest BCUT2D eigenvalue weighted by Crippen LogP contribution is 2.24. The van der Waals surface area contributed by atoms with E-state index in [9.17, 15) is 14.0 Å². The standard InChI is InChI=1S/C18H18FN3O3/c1-25-16-8-3-2-7-15(16)21-18(24)20-13-10-17(23)22(11-13)14-6-4-5-12(19)9-14/h2-9,13H,10-11H2,1H3,(H2,20,21,24). The molecule has 1 fully saturated rings. The van der Waals surface area contributed by atoms with Gasteiger partial charge in [0.1, 0.15) is 11.6 Å². The molecule has 2 N–H and O–H groups in total. The fourth-order valence-corrected chi connectivity index (χ4v) is 2.79. The molecule has 2 aromatic carbocycles. The number of hydrogen-bond acceptors (Lipinski definition) is 3. The van der Waals surface area contributed by atoms with Crippen molar-refractivity contribution in [1.29, 1.82) is 0 Å². The maximum atomic E-state index is 13.3. The van der Waals surface area contributed by atoms with Gasteiger partial charge in [0.15, 0.2) is 0 Å². The molecule has 1 unspecified atom stereocenters. The van der Waals surface area contributed by atoms with Gasteiger partial charge in [-0.25, -0.2) is 9.18 Å². The minimum Gasteiger partial charge on any atom is -0.495 e. The van der Waals surface area contributed by atoms with Crippen molar-refractivity contribution < 1.29 is 18.7 Å². The van der Waals surface area contributed by atoms with E-state index in [1.807, 2.05) is 0 Å². The predicted molar refractivity (Wildman–Crippen MR) is 92.3 cm³/mol. The number of para-hydroxylation sites is 2. The lowest BCUT2D eigenvalue weighted by Gasteiger charge is -2.18. The average Bonchev–Trinajstić information content (AvgIpc) is 2.95. The highest BCUT2D eigenvalue weighted by Gasteiger charge is 2.31. The van der Waals surface area contributed by atoms with Crippen molar-refractivity contribution in [3.05, 3.63) is 54.3 Å². The molecule has 7 heteroatoms. The molecule has 1 atom stereocenters. The second kappa shape index (κ2) is 7.21. The number of carbonyl (C=O) groups is 2. The smallest absolute Gasteiger partial charge is 0.319 e. The predicted octanol–water partition coefficient (Wildman–Crippen LogP) is 2.76. The summed E-state index contributed by atoms with van der Waals surface area (Å²) in [5, 5.41) is 5.46. The number of ether oxygens (including phenoxy) is 1. The second-order valence-corrected chi connectivity index (χ2v) is 5.68. The molecular formula is C18H18FN3O3. The van der Waals surface area contributed by atoms with Gasteiger partial charge in [0.25, 0.3) is 0 Å². The Kier molecular flexibility index (Phi) is 4.83. The van der Waals surface area contributed by atoms with Crippen LogP contribution < -0.4 is 20.3 Å². The first-order valence-electron chi connectivity index (χ1n) is 7.83. The van der Waals surface area contributed by atoms with Crippen LogP contribution in [0.15, 0.2) is 48.5 Å². The van der Waals surface area contributed by atoms with Crippen molar-refractivity contribution >= 4 is 23.3 Å². The van der Waals surface area contributed by atoms with E-state index in [0.29, 0.717) is 23.7 Å². The lowest BCUT2D eigenvalue weighted by Crippen LogP contribution is -2.39. The summed E-state index contributed by atoms with van der Waals surface area (Å²) in [7, 11) is 1.52. The van der Waals surface area contributed by atoms with E-state index in [2.05, 4.69) is 10.6 Å². The first-order valence-corrected chi connectivity index (χ1v) is 7.83. The van der Waals surface area contributed by atoms with E-state index in [0.717, 1.165) is 0 Å². The van der Waals surface area contributed by atoms with E-state index in [1.165, 1.54) is 24.1 Å². The minimum atomic E-state index is -0.427. The van der Waals surface area contributed by atoms with Gasteiger partial charge in [0.2, 0.25) is 5.91 Å². The molecule has 130 valence electrons. The zero-order valence-electron chi connectivity index (χ0n) is 13.7. The Bertz CT molecular complexity index is 797. The number of nitrogens with zero attached hydrogens (tertiary/aromatic N) is 1. The summed E-state index contributed by atoms with van der Waals surface area (Å²) in [5.41, 5.74) is 1.02. The van der Waals surface area contributed by atoms with Crippen LogP contribution in [-0.4, -0.2) is 31.6 Å². The molecule has 0 aliphatic carbocycles. The third-order valence-corrected chi connectivity index (χ3v) is 3.94. The van der Waals surface area contributed by atoms with Gasteiger partial charge in [0.05, 0.1) is 18.8 Å². The summed E-state index contributed by atoms with van der Waals surface area (Å²) in [6, 6.07) is 12.1. The van der Waals surface area contributed by atoms with Crippen LogP contribution >= 0.6 is 0 Å². The van der Waals surface area contributed by atoms with Gasteiger partial charge in [-0.1, -0.05) is 18.2 Å². The summed E-state index contributed by atoms with van der Waals surface area (Å²) in [5.74, 6) is -0.0228. The van der Waals surface area contributed by atoms with Crippen molar-refractivity contribution in [2.75, 3.05) is 23.9 Å². The molecule has 0 saturated carbocycles. The maximum Gasteiger partial charge on any atom is 0.319 e. The second-order valence-electron chi connectivity index (χ2n) is 5.68. The highest BCUT2D eigenvalue weighted by molar-refractivity contribution is 5.97. The van der Waals surface area contributed by atoms with Gasteiger partial charge in [-0.05, 0) is 30.3 Å². The van der Waals surface area contributed by atoms with E-state index in [-0.39, 0.29) is 18.4 Å². The van der Waals surface area contributed by atoms with E-state index < -0.39 is 11.8 Å². The van der Waals surface area contributed by atoms with Crippen LogP contribution in [0.5, 0.6) is 5.75 Å². The Hall–Kier alpha value is -3.09. The summed E-state index contributed by atoms with van der Waals surface area (Å²) >= 11 is 0. The van der Waals surface area contributed by atoms with Gasteiger partial charge >= 0.3 is 6.03 Å². The SMILES string of the molecule is COc1ccccc1NC(=O)NC1CC(=O)N(c2cccc(F)c2)C1. The highest BCUT2D eigenvalue weighted by atomic mass is 19.1. The van der Waals surface area contributed by atoms with Gasteiger partial charge in [-0.15, -0.1) is 0 Å². The van der Waals surface area contributed by atoms with Gasteiger partial charge < -0.3 is 20.3 Å². The molecular weight excluding hydrogens is 325 g/mol. The molecule has 1 aliphatic rings. The number of benzene rings is 2. The largest absolute Gasteiger partial charge is 0.495 e. The molecule has 25 heavy (non-hydrogen) atoms. The summed E-state index contributed by atoms with van der Waals surface area (Å²) in [6.07, 6.45) is 0.163. The van der Waals surface area contributed by atoms with Gasteiger partial charge in [-0.3, -0.25) is 4.79 Å². The van der Waals surface area contributed by atoms with Crippen molar-refractivity contribution in [3.8, 4) is 5.75 Å². The number of halogens is 1. The first kappa shape index (κ1) is 16.8. The average molecular weight is 343 g/mol. The number of hydrogen-bond donors (Lipinski definition) is 2. The molecule has 0 aromatic heterocycles. The lowest BCUT2D eigenvalue weighted by molar-refractivity contribution is -0.117. The molecule has 1 saturated heterocycles. The van der Waals surface area contributed by atoms with Crippen LogP contribution in [0, 0.1) is 5.82 Å². The molecule has 0 bridgehead atoms. The molecule has 6 nitrogen and oxygen atoms in total. The van der Waals surface area contributed by atoms with Crippen LogP contribution in [-0.2, 0) is 4.79 Å². The zero-order valence-corrected chi connectivity index (χ0v) is 13.7. The topological polar surface area (TPSA) is 70.7 Å². The van der Waals surface area contributed by atoms with Crippen LogP contribution in [0.3, 0.4) is 0 Å². The summed E-state index contributed by atoms with van der Waals surface area (Å²) in [4.78, 5) is 25.8. The monoisotopic (exact) mass is 343 g/mol. The molecule has 3 amide bonds. The van der Waals surface area contributed by atoms with Crippen LogP contribution in [0.1, 0.15) is 6.42 Å². The Morgan fingerprint density at radius 1 is 1.24 bits per heavy atom. The molecule has 3 rings (SSSR count). The van der Waals surface area contributed by atoms with E-state index in [1.54, 1.807) is 36.4 Å². The zero-order chi connectivity index (χ0) is 17.8. The summed E-state index contributed by atoms with van der Waals surface area (Å²) < 4.78 is 18.5. The third-order valence-electron chi connectivity index (χ3n) is 3.94. The van der Waals surface area contributed by atoms with Gasteiger partial charge in [-0.2, -0.15) is 0 Å². The Labute approximate surface area is 144 Å². The number of nitrogens with one attached hydrogen (secondary N) is 2. The minimum absolute atomic E-state index is 0.159. The quantitative estimate of drug-likeness (QED) is 0.897. The molecule has 2 aromatic rings. The number of anilines is 2. The van der Waals surface area contributed by atoms with Crippen molar-refractivity contribution in [3.63, 3.8) is 0 Å². The van der Waals surface area contributed by atoms with E-state index >= 15 is 0 Å². The Balaban J connectivity index is 1.62. The van der Waals surface area contributed by atoms with Crippen LogP contribution in [0.2, 0.25) is 0 Å². The fourth-order valence-electron chi connectivity index (χ4n) is 2.79. The fraction of sp³-hybridized carbons (Fsp3) is 0.222. The van der Waals surface area contributed by atoms with Crippen molar-refractivity contribution in [1.82, 2.24) is 5.32 Å².